The first kappa shape index (κ1) is 14.1. The Bertz CT molecular complexity index is 287. The predicted molar refractivity (Wildman–Crippen MR) is 54.8 cm³/mol. The summed E-state index contributed by atoms with van der Waals surface area (Å²) in [6.45, 7) is 2.64. The predicted octanol–water partition coefficient (Wildman–Crippen LogP) is -2.71. The van der Waals surface area contributed by atoms with Crippen molar-refractivity contribution in [1.29, 1.82) is 0 Å². The van der Waals surface area contributed by atoms with E-state index < -0.39 is 43.1 Å². The highest BCUT2D eigenvalue weighted by Gasteiger charge is 2.40. The summed E-state index contributed by atoms with van der Waals surface area (Å²) < 4.78 is 4.72. The highest BCUT2D eigenvalue weighted by Crippen LogP contribution is 2.24. The van der Waals surface area contributed by atoms with Crippen molar-refractivity contribution >= 4 is 5.97 Å². The van der Waals surface area contributed by atoms with Gasteiger partial charge in [-0.15, -0.1) is 0 Å². The van der Waals surface area contributed by atoms with Crippen molar-refractivity contribution in [3.8, 4) is 0 Å². The lowest BCUT2D eigenvalue weighted by atomic mass is 9.97. The molecule has 0 spiro atoms. The second-order valence-corrected chi connectivity index (χ2v) is 3.97. The number of esters is 1. The van der Waals surface area contributed by atoms with Crippen LogP contribution in [0.3, 0.4) is 0 Å². The molecule has 1 saturated heterocycles. The SMILES string of the molecule is C=C1C[C@@H]([C@@H](O)[C@@H](O)[C@H](O)[C@@H](O)CO)OC1=O. The summed E-state index contributed by atoms with van der Waals surface area (Å²) in [5.41, 5.74) is 0.165. The third-order valence-electron chi connectivity index (χ3n) is 2.66. The van der Waals surface area contributed by atoms with Gasteiger partial charge in [0.05, 0.1) is 6.61 Å². The molecule has 0 aliphatic carbocycles. The molecule has 5 N–H and O–H groups in total. The van der Waals surface area contributed by atoms with E-state index >= 15 is 0 Å². The van der Waals surface area contributed by atoms with Crippen molar-refractivity contribution in [3.05, 3.63) is 12.2 Å². The van der Waals surface area contributed by atoms with E-state index in [0.29, 0.717) is 0 Å². The Hall–Kier alpha value is -0.990. The molecular formula is C10H16O7. The first-order chi connectivity index (χ1) is 7.88. The quantitative estimate of drug-likeness (QED) is 0.264. The fourth-order valence-corrected chi connectivity index (χ4v) is 1.54. The molecule has 0 aromatic rings. The van der Waals surface area contributed by atoms with Gasteiger partial charge < -0.3 is 30.3 Å². The van der Waals surface area contributed by atoms with Crippen LogP contribution in [-0.2, 0) is 9.53 Å². The summed E-state index contributed by atoms with van der Waals surface area (Å²) in [6.07, 6.45) is -7.58. The van der Waals surface area contributed by atoms with Gasteiger partial charge in [-0.3, -0.25) is 0 Å². The van der Waals surface area contributed by atoms with E-state index in [1.807, 2.05) is 0 Å². The number of aliphatic hydroxyl groups excluding tert-OH is 5. The van der Waals surface area contributed by atoms with Crippen LogP contribution >= 0.6 is 0 Å². The number of aliphatic hydroxyl groups is 5. The van der Waals surface area contributed by atoms with Crippen LogP contribution < -0.4 is 0 Å². The summed E-state index contributed by atoms with van der Waals surface area (Å²) >= 11 is 0. The monoisotopic (exact) mass is 248 g/mol. The largest absolute Gasteiger partial charge is 0.456 e. The standard InChI is InChI=1S/C10H16O7/c1-4-2-6(17-10(4)16)8(14)9(15)7(13)5(12)3-11/h5-9,11-15H,1-3H2/t5-,6-,7+,8+,9-/m0/s1. The molecule has 98 valence electrons. The van der Waals surface area contributed by atoms with Crippen LogP contribution in [0.2, 0.25) is 0 Å². The lowest BCUT2D eigenvalue weighted by molar-refractivity contribution is -0.159. The zero-order valence-electron chi connectivity index (χ0n) is 9.06. The molecule has 0 aromatic carbocycles. The van der Waals surface area contributed by atoms with Crippen LogP contribution in [0.5, 0.6) is 0 Å². The van der Waals surface area contributed by atoms with Crippen LogP contribution in [0.15, 0.2) is 12.2 Å². The first-order valence-electron chi connectivity index (χ1n) is 5.10. The van der Waals surface area contributed by atoms with Crippen molar-refractivity contribution in [2.24, 2.45) is 0 Å². The van der Waals surface area contributed by atoms with Gasteiger partial charge in [-0.25, -0.2) is 4.79 Å². The average molecular weight is 248 g/mol. The van der Waals surface area contributed by atoms with E-state index in [9.17, 15) is 20.1 Å². The van der Waals surface area contributed by atoms with Crippen molar-refractivity contribution in [2.75, 3.05) is 6.61 Å². The molecule has 1 rings (SSSR count). The van der Waals surface area contributed by atoms with Crippen molar-refractivity contribution in [1.82, 2.24) is 0 Å². The van der Waals surface area contributed by atoms with Crippen molar-refractivity contribution < 1.29 is 35.1 Å². The Morgan fingerprint density at radius 2 is 1.88 bits per heavy atom. The molecule has 1 heterocycles. The topological polar surface area (TPSA) is 127 Å². The third-order valence-corrected chi connectivity index (χ3v) is 2.66. The van der Waals surface area contributed by atoms with Gasteiger partial charge in [0.25, 0.3) is 0 Å². The maximum absolute atomic E-state index is 11.0. The average Bonchev–Trinajstić information content (AvgIpc) is 2.65. The fraction of sp³-hybridized carbons (Fsp3) is 0.700. The van der Waals surface area contributed by atoms with Gasteiger partial charge in [-0.05, 0) is 0 Å². The van der Waals surface area contributed by atoms with Crippen LogP contribution in [-0.4, -0.2) is 68.6 Å². The van der Waals surface area contributed by atoms with Gasteiger partial charge >= 0.3 is 5.97 Å². The van der Waals surface area contributed by atoms with E-state index in [1.165, 1.54) is 0 Å². The van der Waals surface area contributed by atoms with Crippen molar-refractivity contribution in [3.63, 3.8) is 0 Å². The smallest absolute Gasteiger partial charge is 0.333 e. The number of cyclic esters (lactones) is 1. The molecule has 0 aromatic heterocycles. The molecule has 5 atom stereocenters. The number of rotatable bonds is 5. The molecule has 1 aliphatic rings. The zero-order chi connectivity index (χ0) is 13.2. The highest BCUT2D eigenvalue weighted by atomic mass is 16.6. The summed E-state index contributed by atoms with van der Waals surface area (Å²) in [4.78, 5) is 11.0. The molecule has 0 unspecified atom stereocenters. The Morgan fingerprint density at radius 3 is 2.29 bits per heavy atom. The Labute approximate surface area is 97.6 Å². The lowest BCUT2D eigenvalue weighted by Gasteiger charge is -2.28. The minimum absolute atomic E-state index is 0.0407. The Kier molecular flexibility index (Phi) is 4.61. The Balaban J connectivity index is 2.61. The van der Waals surface area contributed by atoms with E-state index in [0.717, 1.165) is 0 Å². The molecule has 0 saturated carbocycles. The summed E-state index contributed by atoms with van der Waals surface area (Å²) in [7, 11) is 0. The molecule has 0 radical (unpaired) electrons. The van der Waals surface area contributed by atoms with Gasteiger partial charge in [-0.1, -0.05) is 6.58 Å². The van der Waals surface area contributed by atoms with Gasteiger partial charge in [-0.2, -0.15) is 0 Å². The molecule has 0 bridgehead atoms. The minimum Gasteiger partial charge on any atom is -0.456 e. The third kappa shape index (κ3) is 3.02. The van der Waals surface area contributed by atoms with Crippen LogP contribution in [0.25, 0.3) is 0 Å². The number of hydrogen-bond acceptors (Lipinski definition) is 7. The molecule has 1 fully saturated rings. The summed E-state index contributed by atoms with van der Waals surface area (Å²) in [5.74, 6) is -0.668. The number of ether oxygens (including phenoxy) is 1. The number of carbonyl (C=O) groups is 1. The van der Waals surface area contributed by atoms with E-state index in [-0.39, 0.29) is 12.0 Å². The second-order valence-electron chi connectivity index (χ2n) is 3.97. The van der Waals surface area contributed by atoms with Crippen LogP contribution in [0.4, 0.5) is 0 Å². The lowest BCUT2D eigenvalue weighted by Crippen LogP contribution is -2.49. The number of hydrogen-bond donors (Lipinski definition) is 5. The van der Waals surface area contributed by atoms with Gasteiger partial charge in [0.2, 0.25) is 0 Å². The minimum atomic E-state index is -1.74. The molecular weight excluding hydrogens is 232 g/mol. The molecule has 0 amide bonds. The second kappa shape index (κ2) is 5.56. The maximum atomic E-state index is 11.0. The normalized spacial score (nSPS) is 27.5. The van der Waals surface area contributed by atoms with E-state index in [1.54, 1.807) is 0 Å². The zero-order valence-corrected chi connectivity index (χ0v) is 9.06. The van der Waals surface area contributed by atoms with Gasteiger partial charge in [0.15, 0.2) is 0 Å². The molecule has 1 aliphatic heterocycles. The van der Waals surface area contributed by atoms with E-state index in [4.69, 9.17) is 14.9 Å². The van der Waals surface area contributed by atoms with Crippen LogP contribution in [0.1, 0.15) is 6.42 Å². The van der Waals surface area contributed by atoms with Gasteiger partial charge in [0, 0.05) is 12.0 Å². The number of carbonyl (C=O) groups excluding carboxylic acids is 1. The molecule has 7 nitrogen and oxygen atoms in total. The molecule has 7 heteroatoms. The fourth-order valence-electron chi connectivity index (χ4n) is 1.54. The maximum Gasteiger partial charge on any atom is 0.333 e. The Morgan fingerprint density at radius 1 is 1.29 bits per heavy atom. The summed E-state index contributed by atoms with van der Waals surface area (Å²) in [6, 6.07) is 0. The van der Waals surface area contributed by atoms with Gasteiger partial charge in [0.1, 0.15) is 30.5 Å². The molecule has 17 heavy (non-hydrogen) atoms. The van der Waals surface area contributed by atoms with Crippen LogP contribution in [0, 0.1) is 0 Å². The van der Waals surface area contributed by atoms with E-state index in [2.05, 4.69) is 6.58 Å². The van der Waals surface area contributed by atoms with Crippen molar-refractivity contribution in [2.45, 2.75) is 36.9 Å². The highest BCUT2D eigenvalue weighted by molar-refractivity contribution is 5.90. The first-order valence-corrected chi connectivity index (χ1v) is 5.10. The summed E-state index contributed by atoms with van der Waals surface area (Å²) in [5, 5.41) is 46.2.